The molecule has 0 spiro atoms. The third-order valence-electron chi connectivity index (χ3n) is 17.1. The number of anilines is 8. The van der Waals surface area contributed by atoms with E-state index in [-0.39, 0.29) is 28.5 Å². The van der Waals surface area contributed by atoms with Gasteiger partial charge in [0.05, 0.1) is 11.2 Å². The van der Waals surface area contributed by atoms with Crippen LogP contribution in [0.2, 0.25) is 0 Å². The van der Waals surface area contributed by atoms with Gasteiger partial charge in [-0.25, -0.2) is 0 Å². The zero-order valence-corrected chi connectivity index (χ0v) is 42.2. The topological polar surface area (TPSA) is 22.9 Å². The lowest BCUT2D eigenvalue weighted by molar-refractivity contribution is 0.195. The summed E-state index contributed by atoms with van der Waals surface area (Å²) in [5.74, 6) is 0. The predicted molar refractivity (Wildman–Crippen MR) is 298 cm³/mol. The molecule has 9 aromatic rings. The number of nitrogens with zero attached hydrogens (tertiary/aromatic N) is 3. The van der Waals surface area contributed by atoms with Crippen LogP contribution in [0.4, 0.5) is 45.5 Å². The van der Waals surface area contributed by atoms with Crippen LogP contribution in [0.1, 0.15) is 103 Å². The number of aryl methyl sites for hydroxylation is 1. The average Bonchev–Trinajstić information content (AvgIpc) is 3.82. The number of hydrogen-bond acceptors (Lipinski definition) is 4. The summed E-state index contributed by atoms with van der Waals surface area (Å²) in [4.78, 5) is 7.93. The van der Waals surface area contributed by atoms with Gasteiger partial charge in [0.25, 0.3) is 6.71 Å². The first kappa shape index (κ1) is 43.1. The van der Waals surface area contributed by atoms with Crippen LogP contribution in [-0.2, 0) is 16.2 Å². The van der Waals surface area contributed by atoms with Crippen LogP contribution in [0.25, 0.3) is 33.1 Å². The Balaban J connectivity index is 1.11. The van der Waals surface area contributed by atoms with Crippen LogP contribution >= 0.6 is 0 Å². The van der Waals surface area contributed by atoms with Gasteiger partial charge in [-0.1, -0.05) is 152 Å². The molecule has 1 fully saturated rings. The normalized spacial score (nSPS) is 19.3. The summed E-state index contributed by atoms with van der Waals surface area (Å²) in [6.45, 7) is 21.3. The van der Waals surface area contributed by atoms with Gasteiger partial charge in [-0.2, -0.15) is 0 Å². The second kappa shape index (κ2) is 15.0. The van der Waals surface area contributed by atoms with E-state index >= 15 is 0 Å². The molecule has 5 heteroatoms. The van der Waals surface area contributed by atoms with Crippen LogP contribution in [0.3, 0.4) is 0 Å². The van der Waals surface area contributed by atoms with Crippen molar-refractivity contribution >= 4 is 90.5 Å². The molecule has 3 aliphatic heterocycles. The molecule has 0 bridgehead atoms. The molecule has 0 radical (unpaired) electrons. The predicted octanol–water partition coefficient (Wildman–Crippen LogP) is 16.0. The second-order valence-corrected chi connectivity index (χ2v) is 23.4. The Morgan fingerprint density at radius 3 is 1.91 bits per heavy atom. The Labute approximate surface area is 414 Å². The summed E-state index contributed by atoms with van der Waals surface area (Å²) in [6, 6.07) is 62.6. The maximum absolute atomic E-state index is 6.69. The fraction of sp³-hybridized carbons (Fsp3) is 0.262. The van der Waals surface area contributed by atoms with Crippen molar-refractivity contribution in [2.45, 2.75) is 110 Å². The first-order valence-corrected chi connectivity index (χ1v) is 25.7. The van der Waals surface area contributed by atoms with E-state index in [1.165, 1.54) is 109 Å². The SMILES string of the molecule is Cc1cc2c3c(c1)N(c1ccc(C(C)(C)C)cc1-c1ccccc1)c1cc(C(C)(C)C)ccc1B3c1ccc(N3c4ccccc4C4(C)CCCCC34C)cc1N2c1ccc2c(c1)oc1ccccc12. The molecule has 8 aromatic carbocycles. The number of rotatable bonds is 4. The fourth-order valence-corrected chi connectivity index (χ4v) is 13.3. The zero-order valence-electron chi connectivity index (χ0n) is 42.2. The molecule has 70 heavy (non-hydrogen) atoms. The van der Waals surface area contributed by atoms with Crippen molar-refractivity contribution in [2.75, 3.05) is 14.7 Å². The Morgan fingerprint density at radius 2 is 1.13 bits per heavy atom. The van der Waals surface area contributed by atoms with E-state index in [0.29, 0.717) is 0 Å². The van der Waals surface area contributed by atoms with Gasteiger partial charge in [0, 0.05) is 67.6 Å². The van der Waals surface area contributed by atoms with Crippen molar-refractivity contribution < 1.29 is 4.42 Å². The van der Waals surface area contributed by atoms with Crippen LogP contribution in [0.5, 0.6) is 0 Å². The minimum Gasteiger partial charge on any atom is -0.456 e. The third kappa shape index (κ3) is 6.15. The van der Waals surface area contributed by atoms with E-state index < -0.39 is 0 Å². The van der Waals surface area contributed by atoms with E-state index in [9.17, 15) is 0 Å². The number of benzene rings is 8. The summed E-state index contributed by atoms with van der Waals surface area (Å²) >= 11 is 0. The molecule has 13 rings (SSSR count). The standard InChI is InChI=1S/C65H62BN3O/c1-41-35-57-61-58(36-41)68(53-32-26-43(62(2,3)4)37-49(53)42-19-11-10-12-20-42)55-38-44(63(5,6)7)25-30-51(55)66(61)52-31-28-46(69-54-23-15-14-22-50(54)64(8)33-17-18-34-65(64,69)9)39-56(52)67(57)45-27-29-48-47-21-13-16-24-59(47)70-60(48)40-45/h10-16,19-32,35-40H,17-18,33-34H2,1-9H3. The van der Waals surface area contributed by atoms with Crippen LogP contribution < -0.4 is 31.1 Å². The quantitative estimate of drug-likeness (QED) is 0.164. The first-order valence-electron chi connectivity index (χ1n) is 25.7. The molecular formula is C65H62BN3O. The zero-order chi connectivity index (χ0) is 48.1. The Kier molecular flexibility index (Phi) is 9.24. The molecule has 1 aliphatic carbocycles. The molecule has 4 aliphatic rings. The smallest absolute Gasteiger partial charge is 0.252 e. The Hall–Kier alpha value is -6.98. The number of hydrogen-bond donors (Lipinski definition) is 0. The van der Waals surface area contributed by atoms with Gasteiger partial charge in [0.15, 0.2) is 0 Å². The number of fused-ring (bicyclic) bond motifs is 10. The van der Waals surface area contributed by atoms with Gasteiger partial charge in [0.1, 0.15) is 11.2 Å². The lowest BCUT2D eigenvalue weighted by Crippen LogP contribution is -2.61. The molecule has 1 aromatic heterocycles. The minimum absolute atomic E-state index is 0.0171. The Morgan fingerprint density at radius 1 is 0.500 bits per heavy atom. The van der Waals surface area contributed by atoms with Gasteiger partial charge in [-0.3, -0.25) is 0 Å². The molecule has 0 N–H and O–H groups in total. The summed E-state index contributed by atoms with van der Waals surface area (Å²) in [7, 11) is 0. The minimum atomic E-state index is -0.0716. The van der Waals surface area contributed by atoms with Crippen LogP contribution in [-0.4, -0.2) is 12.3 Å². The van der Waals surface area contributed by atoms with Crippen molar-refractivity contribution in [1.29, 1.82) is 0 Å². The summed E-state index contributed by atoms with van der Waals surface area (Å²) in [6.07, 6.45) is 4.84. The second-order valence-electron chi connectivity index (χ2n) is 23.4. The summed E-state index contributed by atoms with van der Waals surface area (Å²) in [5.41, 5.74) is 23.2. The third-order valence-corrected chi connectivity index (χ3v) is 17.1. The molecular weight excluding hydrogens is 850 g/mol. The molecule has 4 nitrogen and oxygen atoms in total. The molecule has 1 saturated carbocycles. The van der Waals surface area contributed by atoms with Crippen LogP contribution in [0, 0.1) is 6.92 Å². The summed E-state index contributed by atoms with van der Waals surface area (Å²) in [5, 5.41) is 2.28. The highest BCUT2D eigenvalue weighted by atomic mass is 16.3. The highest BCUT2D eigenvalue weighted by Gasteiger charge is 2.58. The van der Waals surface area contributed by atoms with E-state index in [0.717, 1.165) is 34.0 Å². The molecule has 0 amide bonds. The van der Waals surface area contributed by atoms with E-state index in [2.05, 4.69) is 241 Å². The summed E-state index contributed by atoms with van der Waals surface area (Å²) < 4.78 is 6.69. The van der Waals surface area contributed by atoms with Crippen molar-refractivity contribution in [3.05, 3.63) is 186 Å². The lowest BCUT2D eigenvalue weighted by Gasteiger charge is -2.50. The van der Waals surface area contributed by atoms with Crippen molar-refractivity contribution in [2.24, 2.45) is 0 Å². The van der Waals surface area contributed by atoms with Gasteiger partial charge in [-0.05, 0) is 148 Å². The van der Waals surface area contributed by atoms with E-state index in [1.807, 2.05) is 0 Å². The highest BCUT2D eigenvalue weighted by molar-refractivity contribution is 7.00. The van der Waals surface area contributed by atoms with Crippen molar-refractivity contribution in [3.63, 3.8) is 0 Å². The Bertz CT molecular complexity index is 3610. The van der Waals surface area contributed by atoms with Gasteiger partial charge >= 0.3 is 0 Å². The molecule has 346 valence electrons. The van der Waals surface area contributed by atoms with E-state index in [4.69, 9.17) is 4.42 Å². The first-order chi connectivity index (χ1) is 33.6. The molecule has 2 atom stereocenters. The van der Waals surface area contributed by atoms with Gasteiger partial charge in [0.2, 0.25) is 0 Å². The van der Waals surface area contributed by atoms with Gasteiger partial charge in [-0.15, -0.1) is 0 Å². The van der Waals surface area contributed by atoms with Crippen molar-refractivity contribution in [1.82, 2.24) is 0 Å². The maximum Gasteiger partial charge on any atom is 0.252 e. The highest BCUT2D eigenvalue weighted by Crippen LogP contribution is 2.61. The average molecular weight is 912 g/mol. The maximum atomic E-state index is 6.69. The van der Waals surface area contributed by atoms with E-state index in [1.54, 1.807) is 0 Å². The van der Waals surface area contributed by atoms with Crippen molar-refractivity contribution in [3.8, 4) is 11.1 Å². The monoisotopic (exact) mass is 911 g/mol. The molecule has 0 saturated heterocycles. The molecule has 2 unspecified atom stereocenters. The van der Waals surface area contributed by atoms with Gasteiger partial charge < -0.3 is 19.1 Å². The fourth-order valence-electron chi connectivity index (χ4n) is 13.3. The van der Waals surface area contributed by atoms with Crippen LogP contribution in [0.15, 0.2) is 168 Å². The lowest BCUT2D eigenvalue weighted by atomic mass is 9.33. The number of furan rings is 1. The molecule has 4 heterocycles. The number of para-hydroxylation sites is 2. The largest absolute Gasteiger partial charge is 0.456 e.